The van der Waals surface area contributed by atoms with Gasteiger partial charge in [-0.15, -0.1) is 11.8 Å². The second-order valence-corrected chi connectivity index (χ2v) is 9.50. The molecule has 176 valence electrons. The van der Waals surface area contributed by atoms with Gasteiger partial charge in [-0.05, 0) is 80.2 Å². The Morgan fingerprint density at radius 2 is 1.88 bits per heavy atom. The van der Waals surface area contributed by atoms with E-state index in [4.69, 9.17) is 4.74 Å². The Morgan fingerprint density at radius 1 is 1.15 bits per heavy atom. The van der Waals surface area contributed by atoms with Crippen LogP contribution in [0.25, 0.3) is 0 Å². The number of likely N-dealkylation sites (tertiary alicyclic amines) is 1. The van der Waals surface area contributed by atoms with Gasteiger partial charge in [-0.3, -0.25) is 9.69 Å². The molecule has 0 bridgehead atoms. The summed E-state index contributed by atoms with van der Waals surface area (Å²) in [6.07, 6.45) is 2.93. The zero-order valence-electron chi connectivity index (χ0n) is 18.8. The van der Waals surface area contributed by atoms with Crippen LogP contribution in [0.1, 0.15) is 45.3 Å². The molecule has 4 rings (SSSR count). The van der Waals surface area contributed by atoms with Crippen molar-refractivity contribution in [3.8, 4) is 0 Å². The maximum atomic E-state index is 13.4. The van der Waals surface area contributed by atoms with E-state index in [0.717, 1.165) is 30.8 Å². The van der Waals surface area contributed by atoms with E-state index in [-0.39, 0.29) is 22.7 Å². The summed E-state index contributed by atoms with van der Waals surface area (Å²) in [5.41, 5.74) is 3.21. The summed E-state index contributed by atoms with van der Waals surface area (Å²) in [6.45, 7) is 6.02. The topological polar surface area (TPSA) is 70.1 Å². The van der Waals surface area contributed by atoms with Crippen LogP contribution in [0.5, 0.6) is 0 Å². The summed E-state index contributed by atoms with van der Waals surface area (Å²) >= 11 is 1.48. The minimum absolute atomic E-state index is 0.0479. The maximum Gasteiger partial charge on any atom is 0.335 e. The molecule has 2 saturated heterocycles. The van der Waals surface area contributed by atoms with Crippen molar-refractivity contribution in [2.75, 3.05) is 43.5 Å². The van der Waals surface area contributed by atoms with E-state index in [1.54, 1.807) is 29.2 Å². The zero-order chi connectivity index (χ0) is 23.4. The predicted molar refractivity (Wildman–Crippen MR) is 127 cm³/mol. The Morgan fingerprint density at radius 3 is 2.58 bits per heavy atom. The quantitative estimate of drug-likeness (QED) is 0.550. The second-order valence-electron chi connectivity index (χ2n) is 8.43. The molecule has 33 heavy (non-hydrogen) atoms. The number of aromatic carboxylic acids is 1. The van der Waals surface area contributed by atoms with E-state index < -0.39 is 5.97 Å². The number of amides is 1. The number of hydrogen-bond acceptors (Lipinski definition) is 5. The first-order valence-electron chi connectivity index (χ1n) is 11.3. The summed E-state index contributed by atoms with van der Waals surface area (Å²) in [5, 5.41) is 9.45. The van der Waals surface area contributed by atoms with Crippen molar-refractivity contribution in [2.45, 2.75) is 31.6 Å². The average molecular weight is 473 g/mol. The number of carboxylic acid groups (broad SMARTS) is 1. The highest BCUT2D eigenvalue weighted by Crippen LogP contribution is 2.43. The molecule has 2 aromatic rings. The molecule has 1 N–H and O–H groups in total. The third-order valence-corrected chi connectivity index (χ3v) is 7.54. The van der Waals surface area contributed by atoms with E-state index in [1.165, 1.54) is 36.7 Å². The smallest absolute Gasteiger partial charge is 0.335 e. The van der Waals surface area contributed by atoms with Crippen molar-refractivity contribution >= 4 is 29.3 Å². The van der Waals surface area contributed by atoms with E-state index in [0.29, 0.717) is 36.6 Å². The molecule has 1 amide bonds. The number of carbonyl (C=O) groups is 2. The largest absolute Gasteiger partial charge is 0.478 e. The first kappa shape index (κ1) is 23.7. The normalized spacial score (nSPS) is 18.9. The lowest BCUT2D eigenvalue weighted by molar-refractivity contribution is -0.115. The summed E-state index contributed by atoms with van der Waals surface area (Å²) < 4.78 is 19.2. The Hall–Kier alpha value is -2.42. The van der Waals surface area contributed by atoms with E-state index in [9.17, 15) is 19.1 Å². The maximum absolute atomic E-state index is 13.4. The van der Waals surface area contributed by atoms with Gasteiger partial charge in [0.05, 0.1) is 24.5 Å². The summed E-state index contributed by atoms with van der Waals surface area (Å²) in [4.78, 5) is 28.8. The highest BCUT2D eigenvalue weighted by atomic mass is 32.2. The Labute approximate surface area is 197 Å². The Kier molecular flexibility index (Phi) is 7.67. The molecular formula is C25H29FN2O4S. The lowest BCUT2D eigenvalue weighted by atomic mass is 9.96. The molecular weight excluding hydrogens is 443 g/mol. The van der Waals surface area contributed by atoms with Crippen LogP contribution in [0.2, 0.25) is 0 Å². The molecule has 6 nitrogen and oxygen atoms in total. The SMILES string of the molecule is Cc1c(N2C(=O)CSC2c2ccc(F)cc2)ccc(C(=O)O)c1CCOCCN1CCCC1. The number of rotatable bonds is 9. The van der Waals surface area contributed by atoms with Gasteiger partial charge in [-0.25, -0.2) is 9.18 Å². The van der Waals surface area contributed by atoms with Crippen LogP contribution in [0.3, 0.4) is 0 Å². The number of thioether (sulfide) groups is 1. The number of carbonyl (C=O) groups excluding carboxylic acids is 1. The van der Waals surface area contributed by atoms with Gasteiger partial charge in [0.2, 0.25) is 5.91 Å². The van der Waals surface area contributed by atoms with Gasteiger partial charge in [-0.2, -0.15) is 0 Å². The first-order chi connectivity index (χ1) is 16.0. The van der Waals surface area contributed by atoms with Gasteiger partial charge < -0.3 is 14.7 Å². The van der Waals surface area contributed by atoms with Crippen LogP contribution in [0.15, 0.2) is 36.4 Å². The molecule has 0 saturated carbocycles. The third kappa shape index (κ3) is 5.39. The van der Waals surface area contributed by atoms with Crippen LogP contribution in [-0.4, -0.2) is 60.5 Å². The molecule has 0 aromatic heterocycles. The standard InChI is InChI=1S/C25H29FN2O4S/c1-17-20(10-14-32-15-13-27-11-2-3-12-27)21(25(30)31)8-9-22(17)28-23(29)16-33-24(28)18-4-6-19(26)7-5-18/h4-9,24H,2-3,10-16H2,1H3,(H,30,31). The molecule has 2 fully saturated rings. The molecule has 2 heterocycles. The molecule has 1 unspecified atom stereocenters. The number of carboxylic acids is 1. The van der Waals surface area contributed by atoms with Crippen LogP contribution < -0.4 is 4.90 Å². The van der Waals surface area contributed by atoms with E-state index in [1.807, 2.05) is 6.92 Å². The summed E-state index contributed by atoms with van der Waals surface area (Å²) in [6, 6.07) is 9.44. The third-order valence-electron chi connectivity index (χ3n) is 6.33. The van der Waals surface area contributed by atoms with Gasteiger partial charge >= 0.3 is 5.97 Å². The number of benzene rings is 2. The van der Waals surface area contributed by atoms with Gasteiger partial charge in [0.15, 0.2) is 0 Å². The fourth-order valence-electron chi connectivity index (χ4n) is 4.56. The monoisotopic (exact) mass is 472 g/mol. The zero-order valence-corrected chi connectivity index (χ0v) is 19.6. The van der Waals surface area contributed by atoms with Crippen molar-refractivity contribution in [2.24, 2.45) is 0 Å². The number of ether oxygens (including phenoxy) is 1. The Balaban J connectivity index is 1.53. The molecule has 0 aliphatic carbocycles. The fraction of sp³-hybridized carbons (Fsp3) is 0.440. The number of hydrogen-bond donors (Lipinski definition) is 1. The summed E-state index contributed by atoms with van der Waals surface area (Å²) in [5.74, 6) is -1.05. The molecule has 2 aliphatic rings. The molecule has 8 heteroatoms. The molecule has 0 spiro atoms. The minimum Gasteiger partial charge on any atom is -0.478 e. The molecule has 2 aliphatic heterocycles. The highest BCUT2D eigenvalue weighted by molar-refractivity contribution is 8.00. The second kappa shape index (κ2) is 10.7. The van der Waals surface area contributed by atoms with Crippen LogP contribution in [0.4, 0.5) is 10.1 Å². The van der Waals surface area contributed by atoms with Crippen molar-refractivity contribution in [3.05, 3.63) is 64.5 Å². The van der Waals surface area contributed by atoms with E-state index in [2.05, 4.69) is 4.90 Å². The fourth-order valence-corrected chi connectivity index (χ4v) is 5.73. The van der Waals surface area contributed by atoms with Crippen molar-refractivity contribution in [1.29, 1.82) is 0 Å². The predicted octanol–water partition coefficient (Wildman–Crippen LogP) is 4.27. The highest BCUT2D eigenvalue weighted by Gasteiger charge is 2.35. The van der Waals surface area contributed by atoms with Crippen LogP contribution >= 0.6 is 11.8 Å². The number of halogens is 1. The Bertz CT molecular complexity index is 1010. The average Bonchev–Trinajstić information content (AvgIpc) is 3.45. The van der Waals surface area contributed by atoms with Gasteiger partial charge in [-0.1, -0.05) is 12.1 Å². The van der Waals surface area contributed by atoms with Crippen molar-refractivity contribution in [1.82, 2.24) is 4.90 Å². The van der Waals surface area contributed by atoms with Gasteiger partial charge in [0.25, 0.3) is 0 Å². The van der Waals surface area contributed by atoms with Crippen molar-refractivity contribution < 1.29 is 23.8 Å². The lowest BCUT2D eigenvalue weighted by Gasteiger charge is -2.27. The number of nitrogens with zero attached hydrogens (tertiary/aromatic N) is 2. The molecule has 1 atom stereocenters. The minimum atomic E-state index is -0.992. The number of anilines is 1. The van der Waals surface area contributed by atoms with Crippen LogP contribution in [0, 0.1) is 12.7 Å². The lowest BCUT2D eigenvalue weighted by Crippen LogP contribution is -2.29. The van der Waals surface area contributed by atoms with Crippen molar-refractivity contribution in [3.63, 3.8) is 0 Å². The molecule has 0 radical (unpaired) electrons. The van der Waals surface area contributed by atoms with Gasteiger partial charge in [0.1, 0.15) is 11.2 Å². The van der Waals surface area contributed by atoms with Gasteiger partial charge in [0, 0.05) is 12.2 Å². The van der Waals surface area contributed by atoms with E-state index >= 15 is 0 Å². The molecule has 2 aromatic carbocycles. The summed E-state index contributed by atoms with van der Waals surface area (Å²) in [7, 11) is 0. The first-order valence-corrected chi connectivity index (χ1v) is 12.4. The van der Waals surface area contributed by atoms with Crippen LogP contribution in [-0.2, 0) is 16.0 Å².